The third kappa shape index (κ3) is 2.93. The van der Waals surface area contributed by atoms with E-state index in [0.717, 1.165) is 19.5 Å². The number of hydrogen-bond acceptors (Lipinski definition) is 3. The molecule has 0 saturated carbocycles. The summed E-state index contributed by atoms with van der Waals surface area (Å²) in [6.07, 6.45) is 0.656. The molecule has 4 heteroatoms. The molecule has 1 aromatic carbocycles. The topological polar surface area (TPSA) is 29.5 Å². The Morgan fingerprint density at radius 3 is 2.68 bits per heavy atom. The lowest BCUT2D eigenvalue weighted by Gasteiger charge is -2.31. The molecule has 0 saturated heterocycles. The molecule has 0 radical (unpaired) electrons. The van der Waals surface area contributed by atoms with Gasteiger partial charge in [0.15, 0.2) is 0 Å². The number of carbonyl (C=O) groups excluding carboxylic acids is 1. The van der Waals surface area contributed by atoms with Gasteiger partial charge < -0.3 is 4.74 Å². The average molecular weight is 282 g/mol. The van der Waals surface area contributed by atoms with Gasteiger partial charge in [0.25, 0.3) is 0 Å². The molecule has 19 heavy (non-hydrogen) atoms. The summed E-state index contributed by atoms with van der Waals surface area (Å²) in [5.74, 6) is -0.422. The molecule has 0 unspecified atom stereocenters. The maximum absolute atomic E-state index is 11.5. The Hall–Kier alpha value is -1.06. The second kappa shape index (κ2) is 6.40. The van der Waals surface area contributed by atoms with E-state index in [9.17, 15) is 4.79 Å². The zero-order valence-electron chi connectivity index (χ0n) is 11.4. The minimum Gasteiger partial charge on any atom is -0.459 e. The maximum atomic E-state index is 11.5. The number of carbonyl (C=O) groups is 1. The lowest BCUT2D eigenvalue weighted by atomic mass is 10.1. The number of rotatable bonds is 5. The van der Waals surface area contributed by atoms with Gasteiger partial charge in [-0.15, -0.1) is 11.6 Å². The van der Waals surface area contributed by atoms with Crippen LogP contribution in [0.5, 0.6) is 0 Å². The summed E-state index contributed by atoms with van der Waals surface area (Å²) in [6.45, 7) is 6.13. The Kier molecular flexibility index (Phi) is 4.83. The van der Waals surface area contributed by atoms with E-state index in [1.54, 1.807) is 0 Å². The van der Waals surface area contributed by atoms with Gasteiger partial charge in [-0.2, -0.15) is 0 Å². The fourth-order valence-corrected chi connectivity index (χ4v) is 2.96. The van der Waals surface area contributed by atoms with Gasteiger partial charge in [0.2, 0.25) is 0 Å². The molecular formula is C15H20ClNO2. The molecule has 3 nitrogen and oxygen atoms in total. The van der Waals surface area contributed by atoms with Gasteiger partial charge in [-0.3, -0.25) is 9.69 Å². The van der Waals surface area contributed by atoms with Crippen molar-refractivity contribution in [3.8, 4) is 0 Å². The van der Waals surface area contributed by atoms with Crippen LogP contribution < -0.4 is 0 Å². The minimum absolute atomic E-state index is 0.0855. The van der Waals surface area contributed by atoms with Crippen molar-refractivity contribution < 1.29 is 9.53 Å². The first-order valence-corrected chi connectivity index (χ1v) is 7.32. The molecule has 2 atom stereocenters. The van der Waals surface area contributed by atoms with Crippen LogP contribution >= 0.6 is 11.6 Å². The van der Waals surface area contributed by atoms with Crippen LogP contribution in [0.1, 0.15) is 31.0 Å². The zero-order valence-corrected chi connectivity index (χ0v) is 12.2. The monoisotopic (exact) mass is 281 g/mol. The van der Waals surface area contributed by atoms with Crippen LogP contribution in [-0.2, 0) is 16.0 Å². The number of esters is 1. The molecule has 0 heterocycles. The highest BCUT2D eigenvalue weighted by molar-refractivity contribution is 6.26. The van der Waals surface area contributed by atoms with Crippen molar-refractivity contribution in [2.45, 2.75) is 32.4 Å². The summed E-state index contributed by atoms with van der Waals surface area (Å²) in [6, 6.07) is 8.47. The lowest BCUT2D eigenvalue weighted by Crippen LogP contribution is -2.36. The Morgan fingerprint density at radius 2 is 2.05 bits per heavy atom. The number of hydrogen-bond donors (Lipinski definition) is 0. The van der Waals surface area contributed by atoms with Crippen molar-refractivity contribution in [3.63, 3.8) is 0 Å². The van der Waals surface area contributed by atoms with Crippen molar-refractivity contribution >= 4 is 17.6 Å². The first-order chi connectivity index (χ1) is 9.21. The van der Waals surface area contributed by atoms with Gasteiger partial charge in [-0.05, 0) is 24.2 Å². The largest absolute Gasteiger partial charge is 0.459 e. The molecular weight excluding hydrogens is 262 g/mol. The molecule has 0 amide bonds. The Labute approximate surface area is 119 Å². The number of benzene rings is 1. The van der Waals surface area contributed by atoms with E-state index in [1.165, 1.54) is 11.1 Å². The predicted molar refractivity (Wildman–Crippen MR) is 76.4 cm³/mol. The van der Waals surface area contributed by atoms with Crippen LogP contribution in [-0.4, -0.2) is 35.9 Å². The zero-order chi connectivity index (χ0) is 13.8. The van der Waals surface area contributed by atoms with E-state index in [1.807, 2.05) is 12.1 Å². The van der Waals surface area contributed by atoms with E-state index in [4.69, 9.17) is 16.3 Å². The fourth-order valence-electron chi connectivity index (χ4n) is 2.89. The van der Waals surface area contributed by atoms with Crippen molar-refractivity contribution in [1.82, 2.24) is 4.90 Å². The smallest absolute Gasteiger partial charge is 0.321 e. The van der Waals surface area contributed by atoms with Gasteiger partial charge in [0.1, 0.15) is 12.0 Å². The minimum atomic E-state index is -0.336. The van der Waals surface area contributed by atoms with Gasteiger partial charge in [0, 0.05) is 6.42 Å². The third-order valence-corrected chi connectivity index (χ3v) is 3.96. The average Bonchev–Trinajstić information content (AvgIpc) is 2.79. The van der Waals surface area contributed by atoms with Crippen LogP contribution in [0.4, 0.5) is 0 Å². The summed E-state index contributed by atoms with van der Waals surface area (Å²) >= 11 is 5.55. The first-order valence-electron chi connectivity index (χ1n) is 6.78. The number of fused-ring (bicyclic) bond motifs is 1. The normalized spacial score (nSPS) is 21.5. The molecule has 1 aromatic rings. The third-order valence-electron chi connectivity index (χ3n) is 3.74. The molecule has 0 fully saturated rings. The van der Waals surface area contributed by atoms with Crippen molar-refractivity contribution in [2.24, 2.45) is 0 Å². The SMILES string of the molecule is CCN(CC)[C@H]1c2ccccc2C[C@H]1OC(=O)CCl. The number of halogens is 1. The van der Waals surface area contributed by atoms with Gasteiger partial charge in [-0.25, -0.2) is 0 Å². The van der Waals surface area contributed by atoms with E-state index in [-0.39, 0.29) is 24.0 Å². The molecule has 104 valence electrons. The first kappa shape index (κ1) is 14.4. The van der Waals surface area contributed by atoms with E-state index < -0.39 is 0 Å². The molecule has 0 N–H and O–H groups in total. The highest BCUT2D eigenvalue weighted by Gasteiger charge is 2.37. The Morgan fingerprint density at radius 1 is 1.37 bits per heavy atom. The van der Waals surface area contributed by atoms with Crippen molar-refractivity contribution in [3.05, 3.63) is 35.4 Å². The maximum Gasteiger partial charge on any atom is 0.321 e. The fraction of sp³-hybridized carbons (Fsp3) is 0.533. The van der Waals surface area contributed by atoms with Crippen LogP contribution in [0.25, 0.3) is 0 Å². The van der Waals surface area contributed by atoms with Gasteiger partial charge in [0.05, 0.1) is 6.04 Å². The van der Waals surface area contributed by atoms with Crippen LogP contribution in [0.3, 0.4) is 0 Å². The summed E-state index contributed by atoms with van der Waals surface area (Å²) in [4.78, 5) is 13.8. The Balaban J connectivity index is 2.27. The highest BCUT2D eigenvalue weighted by atomic mass is 35.5. The van der Waals surface area contributed by atoms with Crippen LogP contribution in [0.2, 0.25) is 0 Å². The second-order valence-corrected chi connectivity index (χ2v) is 5.00. The second-order valence-electron chi connectivity index (χ2n) is 4.73. The van der Waals surface area contributed by atoms with Crippen LogP contribution in [0.15, 0.2) is 24.3 Å². The van der Waals surface area contributed by atoms with Gasteiger partial charge in [-0.1, -0.05) is 38.1 Å². The Bertz CT molecular complexity index is 446. The summed E-state index contributed by atoms with van der Waals surface area (Å²) in [7, 11) is 0. The molecule has 0 bridgehead atoms. The van der Waals surface area contributed by atoms with Crippen LogP contribution in [0, 0.1) is 0 Å². The van der Waals surface area contributed by atoms with E-state index in [2.05, 4.69) is 30.9 Å². The number of ether oxygens (including phenoxy) is 1. The molecule has 1 aliphatic carbocycles. The lowest BCUT2D eigenvalue weighted by molar-refractivity contribution is -0.148. The number of nitrogens with zero attached hydrogens (tertiary/aromatic N) is 1. The summed E-state index contributed by atoms with van der Waals surface area (Å²) in [5.41, 5.74) is 2.55. The van der Waals surface area contributed by atoms with Gasteiger partial charge >= 0.3 is 5.97 Å². The highest BCUT2D eigenvalue weighted by Crippen LogP contribution is 2.37. The molecule has 0 aromatic heterocycles. The van der Waals surface area contributed by atoms with E-state index >= 15 is 0 Å². The molecule has 0 aliphatic heterocycles. The number of alkyl halides is 1. The predicted octanol–water partition coefficient (Wildman–Crippen LogP) is 2.78. The molecule has 0 spiro atoms. The van der Waals surface area contributed by atoms with Crippen molar-refractivity contribution in [2.75, 3.05) is 19.0 Å². The summed E-state index contributed by atoms with van der Waals surface area (Å²) in [5, 5.41) is 0. The summed E-state index contributed by atoms with van der Waals surface area (Å²) < 4.78 is 5.53. The van der Waals surface area contributed by atoms with E-state index in [0.29, 0.717) is 0 Å². The van der Waals surface area contributed by atoms with Crippen molar-refractivity contribution in [1.29, 1.82) is 0 Å². The molecule has 2 rings (SSSR count). The number of likely N-dealkylation sites (N-methyl/N-ethyl adjacent to an activating group) is 1. The molecule has 1 aliphatic rings. The standard InChI is InChI=1S/C15H20ClNO2/c1-3-17(4-2)15-12-8-6-5-7-11(12)9-13(15)19-14(18)10-16/h5-8,13,15H,3-4,9-10H2,1-2H3/t13-,15+/m1/s1. The quantitative estimate of drug-likeness (QED) is 0.614.